The van der Waals surface area contributed by atoms with E-state index in [4.69, 9.17) is 0 Å². The molecule has 0 spiro atoms. The van der Waals surface area contributed by atoms with Crippen LogP contribution in [0.3, 0.4) is 0 Å². The maximum atomic E-state index is 12.8. The minimum absolute atomic E-state index is 0.290. The van der Waals surface area contributed by atoms with E-state index in [2.05, 4.69) is 15.9 Å². The van der Waals surface area contributed by atoms with Crippen LogP contribution in [0.25, 0.3) is 0 Å². The number of ketones is 1. The standard InChI is InChI=1S/C15H12BrNO3/c16-11-8-12-15(14(19)20,6-7-17(12)9-11)13(18)10-4-2-1-3-5-10/h1-5,8-9H,6-7H2,(H,19,20). The zero-order chi connectivity index (χ0) is 14.3. The monoisotopic (exact) mass is 333 g/mol. The van der Waals surface area contributed by atoms with Crippen LogP contribution < -0.4 is 0 Å². The van der Waals surface area contributed by atoms with Gasteiger partial charge in [-0.1, -0.05) is 30.3 Å². The summed E-state index contributed by atoms with van der Waals surface area (Å²) in [5, 5.41) is 9.70. The molecule has 1 aliphatic rings. The Hall–Kier alpha value is -1.88. The zero-order valence-corrected chi connectivity index (χ0v) is 12.1. The van der Waals surface area contributed by atoms with Gasteiger partial charge in [0.05, 0.1) is 0 Å². The number of carbonyl (C=O) groups is 2. The first-order chi connectivity index (χ1) is 9.55. The first kappa shape index (κ1) is 13.1. The molecule has 1 atom stereocenters. The van der Waals surface area contributed by atoms with Crippen LogP contribution in [0.4, 0.5) is 0 Å². The molecule has 2 heterocycles. The number of rotatable bonds is 3. The summed E-state index contributed by atoms with van der Waals surface area (Å²) in [6.45, 7) is 0.534. The molecule has 0 fully saturated rings. The molecule has 0 aliphatic carbocycles. The van der Waals surface area contributed by atoms with Gasteiger partial charge < -0.3 is 9.67 Å². The molecule has 1 unspecified atom stereocenters. The second-order valence-corrected chi connectivity index (χ2v) is 5.81. The minimum Gasteiger partial charge on any atom is -0.480 e. The molecule has 2 aromatic rings. The molecule has 0 saturated carbocycles. The van der Waals surface area contributed by atoms with Crippen LogP contribution in [0.5, 0.6) is 0 Å². The summed E-state index contributed by atoms with van der Waals surface area (Å²) in [6.07, 6.45) is 2.11. The van der Waals surface area contributed by atoms with Crippen molar-refractivity contribution in [3.05, 3.63) is 58.3 Å². The average molecular weight is 334 g/mol. The van der Waals surface area contributed by atoms with E-state index in [0.29, 0.717) is 24.2 Å². The lowest BCUT2D eigenvalue weighted by Crippen LogP contribution is -2.42. The molecular formula is C15H12BrNO3. The molecule has 1 aromatic carbocycles. The highest BCUT2D eigenvalue weighted by Gasteiger charge is 2.52. The van der Waals surface area contributed by atoms with E-state index in [1.54, 1.807) is 36.4 Å². The number of carboxylic acid groups (broad SMARTS) is 1. The van der Waals surface area contributed by atoms with Gasteiger partial charge in [-0.3, -0.25) is 9.59 Å². The molecule has 1 N–H and O–H groups in total. The highest BCUT2D eigenvalue weighted by atomic mass is 79.9. The lowest BCUT2D eigenvalue weighted by molar-refractivity contribution is -0.141. The summed E-state index contributed by atoms with van der Waals surface area (Å²) in [7, 11) is 0. The van der Waals surface area contributed by atoms with Gasteiger partial charge >= 0.3 is 5.97 Å². The fourth-order valence-electron chi connectivity index (χ4n) is 2.82. The summed E-state index contributed by atoms with van der Waals surface area (Å²) in [6, 6.07) is 10.3. The topological polar surface area (TPSA) is 59.3 Å². The van der Waals surface area contributed by atoms with Gasteiger partial charge in [-0.2, -0.15) is 0 Å². The van der Waals surface area contributed by atoms with Crippen LogP contribution in [0.2, 0.25) is 0 Å². The van der Waals surface area contributed by atoms with Crippen molar-refractivity contribution in [2.45, 2.75) is 18.4 Å². The van der Waals surface area contributed by atoms with Crippen LogP contribution >= 0.6 is 15.9 Å². The number of nitrogens with zero attached hydrogens (tertiary/aromatic N) is 1. The van der Waals surface area contributed by atoms with Gasteiger partial charge in [0.15, 0.2) is 11.2 Å². The summed E-state index contributed by atoms with van der Waals surface area (Å²) in [4.78, 5) is 24.6. The summed E-state index contributed by atoms with van der Waals surface area (Å²) in [5.74, 6) is -1.44. The Bertz CT molecular complexity index is 692. The Balaban J connectivity index is 2.16. The molecule has 5 heteroatoms. The maximum Gasteiger partial charge on any atom is 0.323 e. The number of fused-ring (bicyclic) bond motifs is 1. The molecule has 0 saturated heterocycles. The van der Waals surface area contributed by atoms with E-state index in [9.17, 15) is 14.7 Å². The molecule has 0 amide bonds. The van der Waals surface area contributed by atoms with Gasteiger partial charge in [-0.05, 0) is 28.4 Å². The second-order valence-electron chi connectivity index (χ2n) is 4.89. The number of carboxylic acids is 1. The highest BCUT2D eigenvalue weighted by molar-refractivity contribution is 9.10. The van der Waals surface area contributed by atoms with Gasteiger partial charge in [-0.25, -0.2) is 0 Å². The number of Topliss-reactive ketones (excluding diaryl/α,β-unsaturated/α-hetero) is 1. The third-order valence-corrected chi connectivity index (χ3v) is 4.25. The first-order valence-corrected chi connectivity index (χ1v) is 7.04. The van der Waals surface area contributed by atoms with Crippen molar-refractivity contribution in [2.75, 3.05) is 0 Å². The second kappa shape index (κ2) is 4.59. The van der Waals surface area contributed by atoms with Gasteiger partial charge in [-0.15, -0.1) is 0 Å². The Morgan fingerprint density at radius 1 is 1.25 bits per heavy atom. The van der Waals surface area contributed by atoms with E-state index < -0.39 is 11.4 Å². The van der Waals surface area contributed by atoms with Gasteiger partial charge in [0.2, 0.25) is 0 Å². The van der Waals surface area contributed by atoms with E-state index in [0.717, 1.165) is 4.47 Å². The highest BCUT2D eigenvalue weighted by Crippen LogP contribution is 2.40. The van der Waals surface area contributed by atoms with E-state index >= 15 is 0 Å². The summed E-state index contributed by atoms with van der Waals surface area (Å²) in [5.41, 5.74) is -0.501. The SMILES string of the molecule is O=C(O)C1(C(=O)c2ccccc2)CCn2cc(Br)cc21. The fraction of sp³-hybridized carbons (Fsp3) is 0.200. The molecule has 20 heavy (non-hydrogen) atoms. The van der Waals surface area contributed by atoms with Crippen LogP contribution in [0.15, 0.2) is 47.1 Å². The number of benzene rings is 1. The van der Waals surface area contributed by atoms with Gasteiger partial charge in [0.1, 0.15) is 0 Å². The van der Waals surface area contributed by atoms with Crippen LogP contribution in [0.1, 0.15) is 22.5 Å². The Morgan fingerprint density at radius 2 is 1.95 bits per heavy atom. The van der Waals surface area contributed by atoms with Gasteiger partial charge in [0, 0.05) is 28.5 Å². The normalized spacial score (nSPS) is 20.6. The molecule has 1 aliphatic heterocycles. The smallest absolute Gasteiger partial charge is 0.323 e. The third kappa shape index (κ3) is 1.73. The summed E-state index contributed by atoms with van der Waals surface area (Å²) >= 11 is 3.34. The van der Waals surface area contributed by atoms with E-state index in [1.807, 2.05) is 10.8 Å². The number of hydrogen-bond donors (Lipinski definition) is 1. The third-order valence-electron chi connectivity index (χ3n) is 3.82. The zero-order valence-electron chi connectivity index (χ0n) is 10.5. The average Bonchev–Trinajstić information content (AvgIpc) is 2.96. The molecule has 0 radical (unpaired) electrons. The van der Waals surface area contributed by atoms with Crippen LogP contribution in [-0.4, -0.2) is 21.4 Å². The van der Waals surface area contributed by atoms with Crippen molar-refractivity contribution in [1.82, 2.24) is 4.57 Å². The number of aryl methyl sites for hydroxylation is 1. The Kier molecular flexibility index (Phi) is 3.01. The van der Waals surface area contributed by atoms with Crippen LogP contribution in [0, 0.1) is 0 Å². The lowest BCUT2D eigenvalue weighted by atomic mass is 9.76. The molecule has 4 nitrogen and oxygen atoms in total. The fourth-order valence-corrected chi connectivity index (χ4v) is 3.28. The number of aromatic nitrogens is 1. The number of hydrogen-bond acceptors (Lipinski definition) is 2. The Morgan fingerprint density at radius 3 is 2.60 bits per heavy atom. The van der Waals surface area contributed by atoms with Crippen molar-refractivity contribution in [2.24, 2.45) is 0 Å². The molecule has 1 aromatic heterocycles. The van der Waals surface area contributed by atoms with E-state index in [1.165, 1.54) is 0 Å². The lowest BCUT2D eigenvalue weighted by Gasteiger charge is -2.22. The van der Waals surface area contributed by atoms with Crippen molar-refractivity contribution in [3.63, 3.8) is 0 Å². The summed E-state index contributed by atoms with van der Waals surface area (Å²) < 4.78 is 2.62. The first-order valence-electron chi connectivity index (χ1n) is 6.25. The Labute approximate surface area is 124 Å². The molecule has 3 rings (SSSR count). The molecule has 0 bridgehead atoms. The number of carbonyl (C=O) groups excluding carboxylic acids is 1. The quantitative estimate of drug-likeness (QED) is 0.694. The minimum atomic E-state index is -1.48. The van der Waals surface area contributed by atoms with E-state index in [-0.39, 0.29) is 5.78 Å². The van der Waals surface area contributed by atoms with Crippen molar-refractivity contribution in [3.8, 4) is 0 Å². The predicted molar refractivity (Wildman–Crippen MR) is 76.8 cm³/mol. The van der Waals surface area contributed by atoms with Crippen molar-refractivity contribution < 1.29 is 14.7 Å². The number of halogens is 1. The maximum absolute atomic E-state index is 12.8. The van der Waals surface area contributed by atoms with Crippen molar-refractivity contribution in [1.29, 1.82) is 0 Å². The largest absolute Gasteiger partial charge is 0.480 e. The predicted octanol–water partition coefficient (Wildman–Crippen LogP) is 2.86. The molecule has 102 valence electrons. The number of aliphatic carboxylic acids is 1. The van der Waals surface area contributed by atoms with Crippen molar-refractivity contribution >= 4 is 27.7 Å². The molecular weight excluding hydrogens is 322 g/mol. The van der Waals surface area contributed by atoms with Gasteiger partial charge in [0.25, 0.3) is 0 Å². The van der Waals surface area contributed by atoms with Crippen LogP contribution in [-0.2, 0) is 16.8 Å².